The summed E-state index contributed by atoms with van der Waals surface area (Å²) in [6.07, 6.45) is 5.45. The monoisotopic (exact) mass is 295 g/mol. The van der Waals surface area contributed by atoms with Gasteiger partial charge in [0.1, 0.15) is 0 Å². The second kappa shape index (κ2) is 7.41. The van der Waals surface area contributed by atoms with Crippen LogP contribution in [0.3, 0.4) is 0 Å². The Balaban J connectivity index is 2.14. The fraction of sp³-hybridized carbons (Fsp3) is 0.812. The van der Waals surface area contributed by atoms with Crippen LogP contribution >= 0.6 is 11.3 Å². The number of rotatable bonds is 7. The third kappa shape index (κ3) is 3.95. The largest absolute Gasteiger partial charge is 0.345 e. The van der Waals surface area contributed by atoms with Gasteiger partial charge in [0.2, 0.25) is 0 Å². The first-order chi connectivity index (χ1) is 9.61. The van der Waals surface area contributed by atoms with Crippen LogP contribution in [0.25, 0.3) is 0 Å². The van der Waals surface area contributed by atoms with Crippen molar-refractivity contribution in [3.05, 3.63) is 10.6 Å². The van der Waals surface area contributed by atoms with Crippen molar-refractivity contribution in [2.45, 2.75) is 66.0 Å². The number of aryl methyl sites for hydroxylation is 1. The van der Waals surface area contributed by atoms with Crippen LogP contribution in [0.5, 0.6) is 0 Å². The van der Waals surface area contributed by atoms with Crippen molar-refractivity contribution >= 4 is 16.5 Å². The van der Waals surface area contributed by atoms with Crippen LogP contribution in [-0.2, 0) is 6.54 Å². The smallest absolute Gasteiger partial charge is 0.186 e. The molecule has 4 heteroatoms. The molecule has 2 rings (SSSR count). The summed E-state index contributed by atoms with van der Waals surface area (Å²) in [7, 11) is 0. The van der Waals surface area contributed by atoms with E-state index in [0.29, 0.717) is 5.92 Å². The van der Waals surface area contributed by atoms with E-state index in [4.69, 9.17) is 4.98 Å². The Morgan fingerprint density at radius 1 is 1.35 bits per heavy atom. The molecule has 0 spiro atoms. The van der Waals surface area contributed by atoms with Gasteiger partial charge in [0.05, 0.1) is 5.69 Å². The molecule has 1 heterocycles. The van der Waals surface area contributed by atoms with E-state index < -0.39 is 0 Å². The van der Waals surface area contributed by atoms with Crippen molar-refractivity contribution in [3.8, 4) is 0 Å². The molecule has 1 N–H and O–H groups in total. The van der Waals surface area contributed by atoms with Crippen molar-refractivity contribution in [2.24, 2.45) is 5.92 Å². The normalized spacial score (nSPS) is 16.2. The van der Waals surface area contributed by atoms with Gasteiger partial charge in [-0.25, -0.2) is 4.98 Å². The fourth-order valence-corrected chi connectivity index (χ4v) is 4.04. The molecule has 0 unspecified atom stereocenters. The van der Waals surface area contributed by atoms with Crippen molar-refractivity contribution in [1.82, 2.24) is 10.3 Å². The third-order valence-corrected chi connectivity index (χ3v) is 5.18. The van der Waals surface area contributed by atoms with E-state index in [1.54, 1.807) is 0 Å². The van der Waals surface area contributed by atoms with Crippen LogP contribution in [0.2, 0.25) is 0 Å². The van der Waals surface area contributed by atoms with E-state index in [0.717, 1.165) is 25.7 Å². The van der Waals surface area contributed by atoms with Gasteiger partial charge in [-0.3, -0.25) is 0 Å². The van der Waals surface area contributed by atoms with Gasteiger partial charge < -0.3 is 10.2 Å². The Bertz CT molecular complexity index is 408. The lowest BCUT2D eigenvalue weighted by atomic mass is 10.1. The molecule has 0 radical (unpaired) electrons. The predicted octanol–water partition coefficient (Wildman–Crippen LogP) is 3.97. The van der Waals surface area contributed by atoms with E-state index in [2.05, 4.69) is 37.9 Å². The summed E-state index contributed by atoms with van der Waals surface area (Å²) < 4.78 is 0. The number of aromatic nitrogens is 1. The van der Waals surface area contributed by atoms with E-state index >= 15 is 0 Å². The number of nitrogens with zero attached hydrogens (tertiary/aromatic N) is 2. The molecule has 0 amide bonds. The highest BCUT2D eigenvalue weighted by atomic mass is 32.1. The minimum Gasteiger partial charge on any atom is -0.345 e. The van der Waals surface area contributed by atoms with E-state index in [9.17, 15) is 0 Å². The molecule has 0 saturated heterocycles. The first-order valence-corrected chi connectivity index (χ1v) is 8.87. The van der Waals surface area contributed by atoms with Gasteiger partial charge in [-0.05, 0) is 32.2 Å². The second-order valence-corrected chi connectivity index (χ2v) is 7.33. The predicted molar refractivity (Wildman–Crippen MR) is 88.7 cm³/mol. The molecular formula is C16H29N3S. The average Bonchev–Trinajstić information content (AvgIpc) is 3.03. The summed E-state index contributed by atoms with van der Waals surface area (Å²) in [6, 6.07) is 0.718. The SMILES string of the molecule is CCNCc1sc(N(CC(C)C)C2CCCC2)nc1C. The Hall–Kier alpha value is -0.610. The minimum absolute atomic E-state index is 0.692. The van der Waals surface area contributed by atoms with Gasteiger partial charge in [0.25, 0.3) is 0 Å². The van der Waals surface area contributed by atoms with Gasteiger partial charge in [0.15, 0.2) is 5.13 Å². The van der Waals surface area contributed by atoms with E-state index in [1.165, 1.54) is 41.4 Å². The molecule has 1 aliphatic carbocycles. The van der Waals surface area contributed by atoms with Crippen LogP contribution in [0, 0.1) is 12.8 Å². The first kappa shape index (κ1) is 15.8. The fourth-order valence-electron chi connectivity index (χ4n) is 2.93. The maximum atomic E-state index is 4.87. The Morgan fingerprint density at radius 2 is 2.05 bits per heavy atom. The van der Waals surface area contributed by atoms with Crippen LogP contribution < -0.4 is 10.2 Å². The molecule has 0 aliphatic heterocycles. The van der Waals surface area contributed by atoms with Crippen LogP contribution in [0.15, 0.2) is 0 Å². The van der Waals surface area contributed by atoms with Gasteiger partial charge >= 0.3 is 0 Å². The molecule has 1 aromatic heterocycles. The third-order valence-electron chi connectivity index (χ3n) is 3.99. The van der Waals surface area contributed by atoms with Gasteiger partial charge in [-0.15, -0.1) is 11.3 Å². The number of nitrogens with one attached hydrogen (secondary N) is 1. The molecule has 1 saturated carbocycles. The van der Waals surface area contributed by atoms with Crippen LogP contribution in [0.4, 0.5) is 5.13 Å². The molecule has 3 nitrogen and oxygen atoms in total. The minimum atomic E-state index is 0.692. The highest BCUT2D eigenvalue weighted by Crippen LogP contribution is 2.33. The van der Waals surface area contributed by atoms with E-state index in [1.807, 2.05) is 11.3 Å². The van der Waals surface area contributed by atoms with Gasteiger partial charge in [0, 0.05) is 24.0 Å². The highest BCUT2D eigenvalue weighted by molar-refractivity contribution is 7.15. The molecule has 0 aromatic carbocycles. The van der Waals surface area contributed by atoms with Crippen LogP contribution in [0.1, 0.15) is 57.0 Å². The lowest BCUT2D eigenvalue weighted by Gasteiger charge is -2.30. The Kier molecular flexibility index (Phi) is 5.85. The summed E-state index contributed by atoms with van der Waals surface area (Å²) in [5.41, 5.74) is 1.21. The summed E-state index contributed by atoms with van der Waals surface area (Å²) in [5, 5.41) is 4.67. The first-order valence-electron chi connectivity index (χ1n) is 8.05. The Labute approximate surface area is 127 Å². The molecule has 1 fully saturated rings. The molecule has 1 aliphatic rings. The standard InChI is InChI=1S/C16H29N3S/c1-5-17-10-15-13(4)18-16(20-15)19(11-12(2)3)14-8-6-7-9-14/h12,14,17H,5-11H2,1-4H3. The molecule has 114 valence electrons. The van der Waals surface area contributed by atoms with Crippen molar-refractivity contribution in [3.63, 3.8) is 0 Å². The molecule has 1 aromatic rings. The van der Waals surface area contributed by atoms with Gasteiger partial charge in [-0.2, -0.15) is 0 Å². The quantitative estimate of drug-likeness (QED) is 0.825. The van der Waals surface area contributed by atoms with Crippen LogP contribution in [-0.4, -0.2) is 24.1 Å². The van der Waals surface area contributed by atoms with Crippen molar-refractivity contribution in [2.75, 3.05) is 18.0 Å². The zero-order valence-electron chi connectivity index (χ0n) is 13.4. The number of thiazole rings is 1. The molecule has 0 atom stereocenters. The lowest BCUT2D eigenvalue weighted by molar-refractivity contribution is 0.534. The number of hydrogen-bond donors (Lipinski definition) is 1. The topological polar surface area (TPSA) is 28.2 Å². The number of anilines is 1. The zero-order chi connectivity index (χ0) is 14.5. The zero-order valence-corrected chi connectivity index (χ0v) is 14.2. The maximum absolute atomic E-state index is 4.87. The summed E-state index contributed by atoms with van der Waals surface area (Å²) in [6.45, 7) is 12.0. The Morgan fingerprint density at radius 3 is 2.65 bits per heavy atom. The van der Waals surface area contributed by atoms with E-state index in [-0.39, 0.29) is 0 Å². The maximum Gasteiger partial charge on any atom is 0.186 e. The second-order valence-electron chi connectivity index (χ2n) is 6.27. The average molecular weight is 295 g/mol. The summed E-state index contributed by atoms with van der Waals surface area (Å²) in [5.74, 6) is 0.692. The summed E-state index contributed by atoms with van der Waals surface area (Å²) in [4.78, 5) is 8.85. The lowest BCUT2D eigenvalue weighted by Crippen LogP contribution is -2.36. The molecular weight excluding hydrogens is 266 g/mol. The van der Waals surface area contributed by atoms with Crippen molar-refractivity contribution < 1.29 is 0 Å². The highest BCUT2D eigenvalue weighted by Gasteiger charge is 2.26. The molecule has 0 bridgehead atoms. The van der Waals surface area contributed by atoms with Crippen molar-refractivity contribution in [1.29, 1.82) is 0 Å². The summed E-state index contributed by atoms with van der Waals surface area (Å²) >= 11 is 1.89. The van der Waals surface area contributed by atoms with Gasteiger partial charge in [-0.1, -0.05) is 33.6 Å². The number of hydrogen-bond acceptors (Lipinski definition) is 4. The molecule has 20 heavy (non-hydrogen) atoms.